The highest BCUT2D eigenvalue weighted by Gasteiger charge is 2.27. The van der Waals surface area contributed by atoms with Gasteiger partial charge in [-0.1, -0.05) is 26.0 Å². The van der Waals surface area contributed by atoms with Crippen LogP contribution in [-0.2, 0) is 22.4 Å². The number of Topliss-reactive ketones (excluding diaryl/α,β-unsaturated/α-hetero) is 1. The van der Waals surface area contributed by atoms with Crippen molar-refractivity contribution < 1.29 is 23.5 Å². The fourth-order valence-electron chi connectivity index (χ4n) is 3.17. The molecule has 0 spiro atoms. The van der Waals surface area contributed by atoms with Crippen LogP contribution in [-0.4, -0.2) is 30.3 Å². The zero-order valence-corrected chi connectivity index (χ0v) is 15.5. The molecule has 1 N–H and O–H groups in total. The smallest absolute Gasteiger partial charge is 0.329 e. The summed E-state index contributed by atoms with van der Waals surface area (Å²) in [6.07, 6.45) is 4.51. The molecule has 0 bridgehead atoms. The first kappa shape index (κ1) is 18.9. The molecule has 6 nitrogen and oxygen atoms in total. The summed E-state index contributed by atoms with van der Waals surface area (Å²) < 4.78 is 10.2. The number of benzene rings is 1. The summed E-state index contributed by atoms with van der Waals surface area (Å²) in [5, 5.41) is 2.60. The maximum Gasteiger partial charge on any atom is 0.329 e. The summed E-state index contributed by atoms with van der Waals surface area (Å²) >= 11 is 0. The van der Waals surface area contributed by atoms with E-state index in [1.807, 2.05) is 12.1 Å². The third-order valence-corrected chi connectivity index (χ3v) is 4.72. The molecular formula is C21H23NO5. The Morgan fingerprint density at radius 1 is 1.15 bits per heavy atom. The average Bonchev–Trinajstić information content (AvgIpc) is 3.34. The molecule has 2 aromatic rings. The Labute approximate surface area is 157 Å². The van der Waals surface area contributed by atoms with Crippen LogP contribution in [0.5, 0.6) is 0 Å². The Hall–Kier alpha value is -2.89. The van der Waals surface area contributed by atoms with E-state index in [2.05, 4.69) is 5.32 Å². The predicted molar refractivity (Wildman–Crippen MR) is 98.6 cm³/mol. The number of fused-ring (bicyclic) bond motifs is 1. The van der Waals surface area contributed by atoms with Gasteiger partial charge in [-0.05, 0) is 54.5 Å². The van der Waals surface area contributed by atoms with E-state index in [1.54, 1.807) is 26.0 Å². The zero-order valence-electron chi connectivity index (χ0n) is 15.5. The van der Waals surface area contributed by atoms with E-state index < -0.39 is 17.9 Å². The van der Waals surface area contributed by atoms with Gasteiger partial charge in [-0.2, -0.15) is 0 Å². The van der Waals surface area contributed by atoms with Crippen LogP contribution < -0.4 is 5.32 Å². The van der Waals surface area contributed by atoms with Gasteiger partial charge in [0.05, 0.1) is 6.26 Å². The van der Waals surface area contributed by atoms with Crippen LogP contribution in [0.2, 0.25) is 0 Å². The van der Waals surface area contributed by atoms with Gasteiger partial charge in [0.2, 0.25) is 0 Å². The highest BCUT2D eigenvalue weighted by Crippen LogP contribution is 2.23. The van der Waals surface area contributed by atoms with Crippen LogP contribution >= 0.6 is 0 Å². The number of furan rings is 1. The Kier molecular flexibility index (Phi) is 5.74. The van der Waals surface area contributed by atoms with Crippen LogP contribution in [0, 0.1) is 5.92 Å². The molecule has 6 heteroatoms. The summed E-state index contributed by atoms with van der Waals surface area (Å²) in [6, 6.07) is 7.87. The normalized spacial score (nSPS) is 13.9. The second-order valence-electron chi connectivity index (χ2n) is 7.04. The first-order valence-corrected chi connectivity index (χ1v) is 9.11. The molecule has 1 aliphatic rings. The summed E-state index contributed by atoms with van der Waals surface area (Å²) in [5.74, 6) is -1.48. The molecule has 1 amide bonds. The van der Waals surface area contributed by atoms with Gasteiger partial charge in [0.1, 0.15) is 6.04 Å². The summed E-state index contributed by atoms with van der Waals surface area (Å²) in [5.41, 5.74) is 3.02. The van der Waals surface area contributed by atoms with E-state index >= 15 is 0 Å². The summed E-state index contributed by atoms with van der Waals surface area (Å²) in [6.45, 7) is 3.23. The maximum absolute atomic E-state index is 12.4. The molecule has 1 aromatic heterocycles. The molecular weight excluding hydrogens is 346 g/mol. The van der Waals surface area contributed by atoms with Crippen molar-refractivity contribution in [2.75, 3.05) is 6.61 Å². The lowest BCUT2D eigenvalue weighted by atomic mass is 10.0. The monoisotopic (exact) mass is 369 g/mol. The number of carbonyl (C=O) groups excluding carboxylic acids is 3. The highest BCUT2D eigenvalue weighted by atomic mass is 16.5. The third kappa shape index (κ3) is 4.45. The van der Waals surface area contributed by atoms with Crippen LogP contribution in [0.15, 0.2) is 41.0 Å². The average molecular weight is 369 g/mol. The van der Waals surface area contributed by atoms with Crippen molar-refractivity contribution in [3.05, 3.63) is 59.0 Å². The summed E-state index contributed by atoms with van der Waals surface area (Å²) in [7, 11) is 0. The second-order valence-corrected chi connectivity index (χ2v) is 7.04. The van der Waals surface area contributed by atoms with Gasteiger partial charge in [0.15, 0.2) is 18.2 Å². The molecule has 27 heavy (non-hydrogen) atoms. The Bertz CT molecular complexity index is 838. The van der Waals surface area contributed by atoms with Crippen molar-refractivity contribution in [3.63, 3.8) is 0 Å². The van der Waals surface area contributed by atoms with Gasteiger partial charge in [0.25, 0.3) is 5.91 Å². The van der Waals surface area contributed by atoms with Crippen molar-refractivity contribution in [1.29, 1.82) is 0 Å². The Morgan fingerprint density at radius 2 is 1.93 bits per heavy atom. The minimum absolute atomic E-state index is 0.114. The Morgan fingerprint density at radius 3 is 2.63 bits per heavy atom. The van der Waals surface area contributed by atoms with Gasteiger partial charge in [-0.3, -0.25) is 9.59 Å². The standard InChI is InChI=1S/C21H23NO5/c1-13(2)19(22-20(24)18-7-4-10-26-18)21(25)27-12-17(23)16-9-8-14-5-3-6-15(14)11-16/h4,7-11,13,19H,3,5-6,12H2,1-2H3,(H,22,24)/t19-/m1/s1. The quantitative estimate of drug-likeness (QED) is 0.599. The van der Waals surface area contributed by atoms with Gasteiger partial charge in [-0.25, -0.2) is 4.79 Å². The molecule has 0 radical (unpaired) electrons. The fraction of sp³-hybridized carbons (Fsp3) is 0.381. The van der Waals surface area contributed by atoms with Crippen LogP contribution in [0.1, 0.15) is 52.3 Å². The molecule has 0 saturated carbocycles. The molecule has 0 unspecified atom stereocenters. The van der Waals surface area contributed by atoms with Gasteiger partial charge >= 0.3 is 5.97 Å². The van der Waals surface area contributed by atoms with Crippen LogP contribution in [0.4, 0.5) is 0 Å². The molecule has 142 valence electrons. The lowest BCUT2D eigenvalue weighted by Gasteiger charge is -2.20. The number of ketones is 1. The largest absolute Gasteiger partial charge is 0.459 e. The minimum Gasteiger partial charge on any atom is -0.459 e. The van der Waals surface area contributed by atoms with E-state index in [1.165, 1.54) is 23.5 Å². The first-order valence-electron chi connectivity index (χ1n) is 9.11. The third-order valence-electron chi connectivity index (χ3n) is 4.72. The van der Waals surface area contributed by atoms with Crippen LogP contribution in [0.3, 0.4) is 0 Å². The topological polar surface area (TPSA) is 85.6 Å². The number of nitrogens with one attached hydrogen (secondary N) is 1. The number of hydrogen-bond donors (Lipinski definition) is 1. The van der Waals surface area contributed by atoms with E-state index in [9.17, 15) is 14.4 Å². The highest BCUT2D eigenvalue weighted by molar-refractivity contribution is 5.99. The van der Waals surface area contributed by atoms with E-state index in [-0.39, 0.29) is 24.1 Å². The van der Waals surface area contributed by atoms with Crippen molar-refractivity contribution in [2.45, 2.75) is 39.2 Å². The van der Waals surface area contributed by atoms with E-state index in [4.69, 9.17) is 9.15 Å². The molecule has 1 heterocycles. The van der Waals surface area contributed by atoms with Gasteiger partial charge in [0, 0.05) is 5.56 Å². The fourth-order valence-corrected chi connectivity index (χ4v) is 3.17. The van der Waals surface area contributed by atoms with Crippen molar-refractivity contribution in [3.8, 4) is 0 Å². The molecule has 0 fully saturated rings. The SMILES string of the molecule is CC(C)[C@@H](NC(=O)c1ccco1)C(=O)OCC(=O)c1ccc2c(c1)CCC2. The van der Waals surface area contributed by atoms with Gasteiger partial charge in [-0.15, -0.1) is 0 Å². The van der Waals surface area contributed by atoms with Crippen molar-refractivity contribution in [2.24, 2.45) is 5.92 Å². The number of esters is 1. The lowest BCUT2D eigenvalue weighted by Crippen LogP contribution is -2.45. The number of hydrogen-bond acceptors (Lipinski definition) is 5. The molecule has 1 aromatic carbocycles. The molecule has 0 saturated heterocycles. The summed E-state index contributed by atoms with van der Waals surface area (Å²) in [4.78, 5) is 36.9. The molecule has 1 aliphatic carbocycles. The predicted octanol–water partition coefficient (Wildman–Crippen LogP) is 2.95. The molecule has 0 aliphatic heterocycles. The lowest BCUT2D eigenvalue weighted by molar-refractivity contribution is -0.145. The minimum atomic E-state index is -0.865. The van der Waals surface area contributed by atoms with E-state index in [0.717, 1.165) is 19.3 Å². The van der Waals surface area contributed by atoms with Crippen molar-refractivity contribution in [1.82, 2.24) is 5.32 Å². The zero-order chi connectivity index (χ0) is 19.4. The maximum atomic E-state index is 12.4. The van der Waals surface area contributed by atoms with E-state index in [0.29, 0.717) is 5.56 Å². The number of ether oxygens (including phenoxy) is 1. The number of carbonyl (C=O) groups is 3. The van der Waals surface area contributed by atoms with Crippen molar-refractivity contribution >= 4 is 17.7 Å². The van der Waals surface area contributed by atoms with Gasteiger partial charge < -0.3 is 14.5 Å². The number of amides is 1. The molecule has 3 rings (SSSR count). The number of aryl methyl sites for hydroxylation is 2. The second kappa shape index (κ2) is 8.20. The first-order chi connectivity index (χ1) is 13.0. The van der Waals surface area contributed by atoms with Crippen LogP contribution in [0.25, 0.3) is 0 Å². The molecule has 1 atom stereocenters. The Balaban J connectivity index is 1.59. The number of rotatable bonds is 7.